The number of phenolic OH excluding ortho intramolecular Hbond substituents is 2. The summed E-state index contributed by atoms with van der Waals surface area (Å²) < 4.78 is 5.04. The smallest absolute Gasteiger partial charge is 0.265 e. The van der Waals surface area contributed by atoms with Gasteiger partial charge in [0.25, 0.3) is 11.8 Å². The normalized spacial score (nSPS) is 15.1. The molecule has 1 unspecified atom stereocenters. The molecule has 0 radical (unpaired) electrons. The van der Waals surface area contributed by atoms with E-state index in [1.165, 1.54) is 6.07 Å². The zero-order chi connectivity index (χ0) is 25.7. The second kappa shape index (κ2) is 11.1. The van der Waals surface area contributed by atoms with E-state index >= 15 is 0 Å². The maximum absolute atomic E-state index is 12.8. The van der Waals surface area contributed by atoms with Crippen molar-refractivity contribution in [2.24, 2.45) is 5.10 Å². The van der Waals surface area contributed by atoms with Crippen LogP contribution in [0.5, 0.6) is 11.5 Å². The minimum absolute atomic E-state index is 0.00246. The first-order chi connectivity index (χ1) is 16.7. The zero-order valence-corrected chi connectivity index (χ0v) is 20.7. The number of amides is 2. The third-order valence-electron chi connectivity index (χ3n) is 5.76. The molecule has 10 heteroatoms. The number of nitrogens with one attached hydrogen (secondary N) is 2. The number of nitrogens with zero attached hydrogens (tertiary/aromatic N) is 3. The van der Waals surface area contributed by atoms with Gasteiger partial charge in [-0.15, -0.1) is 0 Å². The molecule has 0 saturated heterocycles. The lowest BCUT2D eigenvalue weighted by Crippen LogP contribution is -2.51. The largest absolute Gasteiger partial charge is 0.508 e. The molecule has 4 N–H and O–H groups in total. The number of rotatable bonds is 9. The average Bonchev–Trinajstić information content (AvgIpc) is 3.27. The molecule has 10 nitrogen and oxygen atoms in total. The summed E-state index contributed by atoms with van der Waals surface area (Å²) in [5.74, 6) is -0.317. The number of ether oxygens (including phenoxy) is 1. The van der Waals surface area contributed by atoms with E-state index in [-0.39, 0.29) is 29.2 Å². The summed E-state index contributed by atoms with van der Waals surface area (Å²) in [5, 5.41) is 28.1. The van der Waals surface area contributed by atoms with Crippen molar-refractivity contribution in [1.29, 1.82) is 0 Å². The quantitative estimate of drug-likeness (QED) is 0.431. The van der Waals surface area contributed by atoms with Crippen molar-refractivity contribution in [3.05, 3.63) is 53.1 Å². The molecular formula is C25H33N5O5. The number of hydrazone groups is 1. The van der Waals surface area contributed by atoms with Crippen molar-refractivity contribution in [3.8, 4) is 11.5 Å². The second-order valence-electron chi connectivity index (χ2n) is 8.58. The molecule has 2 aromatic rings. The number of hydrogen-bond donors (Lipinski definition) is 4. The summed E-state index contributed by atoms with van der Waals surface area (Å²) in [4.78, 5) is 28.8. The summed E-state index contributed by atoms with van der Waals surface area (Å²) in [7, 11) is 3.28. The van der Waals surface area contributed by atoms with Crippen molar-refractivity contribution >= 4 is 23.3 Å². The van der Waals surface area contributed by atoms with Gasteiger partial charge in [0.05, 0.1) is 12.2 Å². The highest BCUT2D eigenvalue weighted by molar-refractivity contribution is 6.16. The SMILES string of the molecule is CCNC(=O)C1NN=C(c2cc(C(C)C)c(O)cc2O)N1c1ccc(C(=O)N(C)CCOC)cc1. The van der Waals surface area contributed by atoms with Gasteiger partial charge < -0.3 is 25.2 Å². The summed E-state index contributed by atoms with van der Waals surface area (Å²) in [5.41, 5.74) is 4.94. The maximum atomic E-state index is 12.8. The number of anilines is 1. The van der Waals surface area contributed by atoms with E-state index in [9.17, 15) is 19.8 Å². The summed E-state index contributed by atoms with van der Waals surface area (Å²) in [6.07, 6.45) is -0.869. The number of carbonyl (C=O) groups excluding carboxylic acids is 2. The molecular weight excluding hydrogens is 450 g/mol. The molecule has 188 valence electrons. The Morgan fingerprint density at radius 3 is 2.49 bits per heavy atom. The highest BCUT2D eigenvalue weighted by Gasteiger charge is 2.36. The molecule has 0 bridgehead atoms. The number of methoxy groups -OCH3 is 1. The van der Waals surface area contributed by atoms with Gasteiger partial charge >= 0.3 is 0 Å². The van der Waals surface area contributed by atoms with Gasteiger partial charge in [-0.25, -0.2) is 0 Å². The van der Waals surface area contributed by atoms with Crippen molar-refractivity contribution in [3.63, 3.8) is 0 Å². The Balaban J connectivity index is 2.00. The van der Waals surface area contributed by atoms with Crippen LogP contribution in [-0.2, 0) is 9.53 Å². The molecule has 1 aliphatic heterocycles. The van der Waals surface area contributed by atoms with Gasteiger partial charge in [-0.1, -0.05) is 13.8 Å². The molecule has 0 aromatic heterocycles. The van der Waals surface area contributed by atoms with Crippen molar-refractivity contribution in [2.45, 2.75) is 32.9 Å². The molecule has 0 saturated carbocycles. The van der Waals surface area contributed by atoms with Crippen LogP contribution >= 0.6 is 0 Å². The first-order valence-electron chi connectivity index (χ1n) is 11.5. The fourth-order valence-corrected chi connectivity index (χ4v) is 3.81. The number of hydrogen-bond acceptors (Lipinski definition) is 8. The lowest BCUT2D eigenvalue weighted by molar-refractivity contribution is -0.122. The fraction of sp³-hybridized carbons (Fsp3) is 0.400. The number of carbonyl (C=O) groups is 2. The van der Waals surface area contributed by atoms with E-state index in [1.54, 1.807) is 54.3 Å². The van der Waals surface area contributed by atoms with Crippen LogP contribution < -0.4 is 15.6 Å². The summed E-state index contributed by atoms with van der Waals surface area (Å²) in [6.45, 7) is 7.01. The Labute approximate surface area is 205 Å². The van der Waals surface area contributed by atoms with Gasteiger partial charge in [0.15, 0.2) is 5.84 Å². The van der Waals surface area contributed by atoms with E-state index in [1.807, 2.05) is 20.8 Å². The minimum Gasteiger partial charge on any atom is -0.508 e. The topological polar surface area (TPSA) is 127 Å². The van der Waals surface area contributed by atoms with E-state index in [2.05, 4.69) is 15.8 Å². The third kappa shape index (κ3) is 5.48. The van der Waals surface area contributed by atoms with Crippen LogP contribution in [0.3, 0.4) is 0 Å². The highest BCUT2D eigenvalue weighted by Crippen LogP contribution is 2.35. The zero-order valence-electron chi connectivity index (χ0n) is 20.7. The molecule has 0 fully saturated rings. The Morgan fingerprint density at radius 2 is 1.89 bits per heavy atom. The standard InChI is InChI=1S/C25H33N5O5/c1-6-26-24(33)23-28-27-22(19-13-18(15(2)3)20(31)14-21(19)32)30(23)17-9-7-16(8-10-17)25(34)29(4)11-12-35-5/h7-10,13-15,23,28,31-32H,6,11-12H2,1-5H3,(H,26,33). The average molecular weight is 484 g/mol. The van der Waals surface area contributed by atoms with E-state index in [4.69, 9.17) is 4.74 Å². The predicted octanol–water partition coefficient (Wildman–Crippen LogP) is 2.17. The van der Waals surface area contributed by atoms with Gasteiger partial charge in [-0.2, -0.15) is 5.10 Å². The van der Waals surface area contributed by atoms with Crippen LogP contribution in [0.25, 0.3) is 0 Å². The molecule has 1 heterocycles. The van der Waals surface area contributed by atoms with E-state index in [0.29, 0.717) is 47.9 Å². The third-order valence-corrected chi connectivity index (χ3v) is 5.76. The van der Waals surface area contributed by atoms with E-state index in [0.717, 1.165) is 0 Å². The number of benzene rings is 2. The van der Waals surface area contributed by atoms with Crippen molar-refractivity contribution < 1.29 is 24.5 Å². The first kappa shape index (κ1) is 25.8. The van der Waals surface area contributed by atoms with Crippen molar-refractivity contribution in [2.75, 3.05) is 38.8 Å². The van der Waals surface area contributed by atoms with Crippen LogP contribution in [0, 0.1) is 0 Å². The Bertz CT molecular complexity index is 1100. The van der Waals surface area contributed by atoms with E-state index < -0.39 is 6.17 Å². The molecule has 1 aliphatic rings. The van der Waals surface area contributed by atoms with Gasteiger partial charge in [0.2, 0.25) is 6.17 Å². The van der Waals surface area contributed by atoms with Crippen LogP contribution in [0.1, 0.15) is 48.2 Å². The lowest BCUT2D eigenvalue weighted by atomic mass is 9.98. The maximum Gasteiger partial charge on any atom is 0.265 e. The molecule has 0 aliphatic carbocycles. The van der Waals surface area contributed by atoms with Crippen molar-refractivity contribution in [1.82, 2.24) is 15.6 Å². The molecule has 1 atom stereocenters. The Kier molecular flexibility index (Phi) is 8.18. The molecule has 2 aromatic carbocycles. The predicted molar refractivity (Wildman–Crippen MR) is 134 cm³/mol. The highest BCUT2D eigenvalue weighted by atomic mass is 16.5. The molecule has 3 rings (SSSR count). The lowest BCUT2D eigenvalue weighted by Gasteiger charge is -2.27. The first-order valence-corrected chi connectivity index (χ1v) is 11.5. The fourth-order valence-electron chi connectivity index (χ4n) is 3.81. The summed E-state index contributed by atoms with van der Waals surface area (Å²) in [6, 6.07) is 9.78. The molecule has 0 spiro atoms. The number of amidine groups is 1. The molecule has 2 amide bonds. The molecule has 35 heavy (non-hydrogen) atoms. The van der Waals surface area contributed by atoms with Gasteiger partial charge in [-0.3, -0.25) is 19.9 Å². The number of phenols is 2. The van der Waals surface area contributed by atoms with Crippen LogP contribution in [-0.4, -0.2) is 72.8 Å². The number of likely N-dealkylation sites (N-methyl/N-ethyl adjacent to an activating group) is 2. The van der Waals surface area contributed by atoms with Crippen LogP contribution in [0.2, 0.25) is 0 Å². The number of aromatic hydroxyl groups is 2. The second-order valence-corrected chi connectivity index (χ2v) is 8.58. The Hall–Kier alpha value is -3.79. The van der Waals surface area contributed by atoms with Crippen LogP contribution in [0.4, 0.5) is 5.69 Å². The van der Waals surface area contributed by atoms with Crippen LogP contribution in [0.15, 0.2) is 41.5 Å². The summed E-state index contributed by atoms with van der Waals surface area (Å²) >= 11 is 0. The Morgan fingerprint density at radius 1 is 1.20 bits per heavy atom. The monoisotopic (exact) mass is 483 g/mol. The minimum atomic E-state index is -0.869. The van der Waals surface area contributed by atoms with Gasteiger partial charge in [0, 0.05) is 44.6 Å². The van der Waals surface area contributed by atoms with Gasteiger partial charge in [0.1, 0.15) is 11.5 Å². The van der Waals surface area contributed by atoms with Gasteiger partial charge in [-0.05, 0) is 48.7 Å².